The first-order valence-electron chi connectivity index (χ1n) is 10.2. The van der Waals surface area contributed by atoms with Crippen molar-refractivity contribution in [1.29, 1.82) is 0 Å². The van der Waals surface area contributed by atoms with Gasteiger partial charge in [0.2, 0.25) is 0 Å². The Bertz CT molecular complexity index is 754. The van der Waals surface area contributed by atoms with Crippen molar-refractivity contribution in [2.24, 2.45) is 0 Å². The highest BCUT2D eigenvalue weighted by Crippen LogP contribution is 2.15. The number of anilines is 2. The van der Waals surface area contributed by atoms with E-state index in [1.807, 2.05) is 36.5 Å². The van der Waals surface area contributed by atoms with Crippen molar-refractivity contribution in [2.75, 3.05) is 49.6 Å². The van der Waals surface area contributed by atoms with Gasteiger partial charge in [0.05, 0.1) is 12.7 Å². The predicted molar refractivity (Wildman–Crippen MR) is 116 cm³/mol. The molecule has 7 nitrogen and oxygen atoms in total. The molecule has 1 aromatic heterocycles. The van der Waals surface area contributed by atoms with Crippen LogP contribution in [0.25, 0.3) is 0 Å². The van der Waals surface area contributed by atoms with E-state index in [2.05, 4.69) is 51.5 Å². The summed E-state index contributed by atoms with van der Waals surface area (Å²) >= 11 is 0. The van der Waals surface area contributed by atoms with Crippen LogP contribution in [-0.2, 0) is 11.3 Å². The summed E-state index contributed by atoms with van der Waals surface area (Å²) in [6.45, 7) is 6.49. The molecule has 1 atom stereocenters. The number of amides is 2. The molecule has 29 heavy (non-hydrogen) atoms. The molecule has 2 N–H and O–H groups in total. The molecule has 3 rings (SSSR count). The van der Waals surface area contributed by atoms with E-state index >= 15 is 0 Å². The lowest BCUT2D eigenvalue weighted by atomic mass is 10.2. The molecule has 1 unspecified atom stereocenters. The molecule has 1 aliphatic heterocycles. The van der Waals surface area contributed by atoms with Gasteiger partial charge in [-0.3, -0.25) is 0 Å². The third kappa shape index (κ3) is 6.64. The third-order valence-corrected chi connectivity index (χ3v) is 4.98. The fourth-order valence-corrected chi connectivity index (χ4v) is 3.31. The number of hydrogen-bond donors (Lipinski definition) is 2. The molecular weight excluding hydrogens is 366 g/mol. The number of hydrogen-bond acceptors (Lipinski definition) is 5. The van der Waals surface area contributed by atoms with Crippen molar-refractivity contribution in [2.45, 2.75) is 26.0 Å². The SMILES string of the molecule is CC1CN(c2ccc(CNC(=O)NCCCN(C)c3ccccc3)cn2)CCO1. The number of para-hydroxylation sites is 1. The fourth-order valence-electron chi connectivity index (χ4n) is 3.31. The number of rotatable bonds is 8. The van der Waals surface area contributed by atoms with E-state index in [-0.39, 0.29) is 12.1 Å². The second-order valence-electron chi connectivity index (χ2n) is 7.37. The van der Waals surface area contributed by atoms with Gasteiger partial charge in [-0.05, 0) is 37.1 Å². The zero-order valence-electron chi connectivity index (χ0n) is 17.3. The maximum Gasteiger partial charge on any atom is 0.315 e. The lowest BCUT2D eigenvalue weighted by Crippen LogP contribution is -2.41. The molecule has 1 aromatic carbocycles. The zero-order chi connectivity index (χ0) is 20.5. The number of nitrogens with one attached hydrogen (secondary N) is 2. The van der Waals surface area contributed by atoms with Crippen LogP contribution in [0.5, 0.6) is 0 Å². The van der Waals surface area contributed by atoms with Crippen molar-refractivity contribution in [1.82, 2.24) is 15.6 Å². The molecule has 2 aromatic rings. The van der Waals surface area contributed by atoms with Crippen LogP contribution in [0.2, 0.25) is 0 Å². The average molecular weight is 398 g/mol. The summed E-state index contributed by atoms with van der Waals surface area (Å²) in [6.07, 6.45) is 2.93. The summed E-state index contributed by atoms with van der Waals surface area (Å²) in [5.41, 5.74) is 2.16. The molecule has 0 spiro atoms. The van der Waals surface area contributed by atoms with Gasteiger partial charge in [0.15, 0.2) is 0 Å². The molecule has 0 radical (unpaired) electrons. The van der Waals surface area contributed by atoms with E-state index in [1.165, 1.54) is 5.69 Å². The first-order valence-corrected chi connectivity index (χ1v) is 10.2. The van der Waals surface area contributed by atoms with Gasteiger partial charge < -0.3 is 25.2 Å². The van der Waals surface area contributed by atoms with E-state index in [4.69, 9.17) is 4.74 Å². The van der Waals surface area contributed by atoms with Crippen LogP contribution in [0.1, 0.15) is 18.9 Å². The van der Waals surface area contributed by atoms with Crippen molar-refractivity contribution < 1.29 is 9.53 Å². The molecule has 1 aliphatic rings. The molecule has 0 saturated carbocycles. The second kappa shape index (κ2) is 10.7. The largest absolute Gasteiger partial charge is 0.375 e. The second-order valence-corrected chi connectivity index (χ2v) is 7.37. The van der Waals surface area contributed by atoms with Crippen LogP contribution in [0.4, 0.5) is 16.3 Å². The van der Waals surface area contributed by atoms with E-state index < -0.39 is 0 Å². The Labute approximate surface area is 173 Å². The summed E-state index contributed by atoms with van der Waals surface area (Å²) in [6, 6.07) is 14.1. The standard InChI is InChI=1S/C22H31N5O2/c1-18-17-27(13-14-29-18)21-10-9-19(15-24-21)16-25-22(28)23-11-6-12-26(2)20-7-4-3-5-8-20/h3-5,7-10,15,18H,6,11-14,16-17H2,1-2H3,(H2,23,25,28). The summed E-state index contributed by atoms with van der Waals surface area (Å²) in [7, 11) is 2.06. The quantitative estimate of drug-likeness (QED) is 0.670. The van der Waals surface area contributed by atoms with E-state index in [1.54, 1.807) is 0 Å². The monoisotopic (exact) mass is 397 g/mol. The minimum Gasteiger partial charge on any atom is -0.375 e. The highest BCUT2D eigenvalue weighted by molar-refractivity contribution is 5.73. The van der Waals surface area contributed by atoms with Gasteiger partial charge in [0.1, 0.15) is 5.82 Å². The predicted octanol–water partition coefficient (Wildman–Crippen LogP) is 2.63. The number of urea groups is 1. The fraction of sp³-hybridized carbons (Fsp3) is 0.455. The average Bonchev–Trinajstić information content (AvgIpc) is 2.76. The minimum atomic E-state index is -0.154. The number of pyridine rings is 1. The molecule has 1 fully saturated rings. The first-order chi connectivity index (χ1) is 14.1. The lowest BCUT2D eigenvalue weighted by molar-refractivity contribution is 0.0529. The summed E-state index contributed by atoms with van der Waals surface area (Å²) in [5, 5.41) is 5.80. The molecular formula is C22H31N5O2. The third-order valence-electron chi connectivity index (χ3n) is 4.98. The molecule has 0 aliphatic carbocycles. The van der Waals surface area contributed by atoms with Crippen molar-refractivity contribution >= 4 is 17.5 Å². The van der Waals surface area contributed by atoms with Gasteiger partial charge in [0.25, 0.3) is 0 Å². The maximum absolute atomic E-state index is 12.0. The summed E-state index contributed by atoms with van der Waals surface area (Å²) in [5.74, 6) is 0.955. The number of aromatic nitrogens is 1. The van der Waals surface area contributed by atoms with Gasteiger partial charge in [-0.1, -0.05) is 24.3 Å². The van der Waals surface area contributed by atoms with Gasteiger partial charge in [-0.2, -0.15) is 0 Å². The number of morpholine rings is 1. The minimum absolute atomic E-state index is 0.154. The van der Waals surface area contributed by atoms with E-state index in [0.717, 1.165) is 44.0 Å². The molecule has 7 heteroatoms. The first kappa shape index (κ1) is 20.9. The van der Waals surface area contributed by atoms with Crippen molar-refractivity contribution in [3.8, 4) is 0 Å². The van der Waals surface area contributed by atoms with Gasteiger partial charge in [-0.15, -0.1) is 0 Å². The zero-order valence-corrected chi connectivity index (χ0v) is 17.3. The Morgan fingerprint density at radius 2 is 2.07 bits per heavy atom. The van der Waals surface area contributed by atoms with Crippen LogP contribution in [-0.4, -0.2) is 57.0 Å². The van der Waals surface area contributed by atoms with Crippen LogP contribution in [0.3, 0.4) is 0 Å². The molecule has 0 bridgehead atoms. The van der Waals surface area contributed by atoms with Crippen LogP contribution < -0.4 is 20.4 Å². The Balaban J connectivity index is 1.33. The van der Waals surface area contributed by atoms with Crippen molar-refractivity contribution in [3.63, 3.8) is 0 Å². The highest BCUT2D eigenvalue weighted by atomic mass is 16.5. The summed E-state index contributed by atoms with van der Waals surface area (Å²) < 4.78 is 5.57. The summed E-state index contributed by atoms with van der Waals surface area (Å²) in [4.78, 5) is 20.9. The number of ether oxygens (including phenoxy) is 1. The Kier molecular flexibility index (Phi) is 7.69. The molecule has 2 heterocycles. The van der Waals surface area contributed by atoms with Crippen LogP contribution in [0, 0.1) is 0 Å². The van der Waals surface area contributed by atoms with Gasteiger partial charge in [0, 0.05) is 51.7 Å². The van der Waals surface area contributed by atoms with Gasteiger partial charge >= 0.3 is 6.03 Å². The Morgan fingerprint density at radius 1 is 1.24 bits per heavy atom. The van der Waals surface area contributed by atoms with Gasteiger partial charge in [-0.25, -0.2) is 9.78 Å². The number of benzene rings is 1. The maximum atomic E-state index is 12.0. The van der Waals surface area contributed by atoms with E-state index in [9.17, 15) is 4.79 Å². The number of nitrogens with zero attached hydrogens (tertiary/aromatic N) is 3. The Hall–Kier alpha value is -2.80. The topological polar surface area (TPSA) is 69.7 Å². The lowest BCUT2D eigenvalue weighted by Gasteiger charge is -2.32. The van der Waals surface area contributed by atoms with Crippen molar-refractivity contribution in [3.05, 3.63) is 54.2 Å². The normalized spacial score (nSPS) is 16.3. The number of carbonyl (C=O) groups excluding carboxylic acids is 1. The van der Waals surface area contributed by atoms with E-state index in [0.29, 0.717) is 13.1 Å². The molecule has 156 valence electrons. The van der Waals surface area contributed by atoms with Crippen LogP contribution in [0.15, 0.2) is 48.7 Å². The highest BCUT2D eigenvalue weighted by Gasteiger charge is 2.17. The molecule has 1 saturated heterocycles. The van der Waals surface area contributed by atoms with Crippen LogP contribution >= 0.6 is 0 Å². The smallest absolute Gasteiger partial charge is 0.315 e. The number of carbonyl (C=O) groups is 1. The molecule has 2 amide bonds. The Morgan fingerprint density at radius 3 is 2.79 bits per heavy atom.